The van der Waals surface area contributed by atoms with Gasteiger partial charge in [0.25, 0.3) is 0 Å². The number of fused-ring (bicyclic) bond motifs is 1. The molecule has 4 heteroatoms. The van der Waals surface area contributed by atoms with Crippen LogP contribution in [0.25, 0.3) is 22.9 Å². The van der Waals surface area contributed by atoms with Crippen molar-refractivity contribution >= 4 is 22.9 Å². The van der Waals surface area contributed by atoms with Crippen LogP contribution in [0.3, 0.4) is 0 Å². The number of nitrogens with zero attached hydrogens (tertiary/aromatic N) is 2. The number of methoxy groups -OCH3 is 1. The van der Waals surface area contributed by atoms with E-state index in [-0.39, 0.29) is 5.69 Å². The van der Waals surface area contributed by atoms with Crippen molar-refractivity contribution in [1.82, 2.24) is 4.57 Å². The Kier molecular flexibility index (Phi) is 4.21. The summed E-state index contributed by atoms with van der Waals surface area (Å²) in [4.78, 5) is 12.2. The van der Waals surface area contributed by atoms with E-state index in [9.17, 15) is 4.79 Å². The molecule has 0 unspecified atom stereocenters. The van der Waals surface area contributed by atoms with Crippen LogP contribution < -0.4 is 15.0 Å². The van der Waals surface area contributed by atoms with Crippen LogP contribution in [0, 0.1) is 6.92 Å². The van der Waals surface area contributed by atoms with Gasteiger partial charge in [-0.3, -0.25) is 0 Å². The molecule has 0 radical (unpaired) electrons. The number of aryl methyl sites for hydroxylation is 1. The molecule has 0 fully saturated rings. The fourth-order valence-corrected chi connectivity index (χ4v) is 2.85. The molecule has 4 nitrogen and oxygen atoms in total. The highest BCUT2D eigenvalue weighted by atomic mass is 16.5. The molecule has 0 spiro atoms. The van der Waals surface area contributed by atoms with Crippen molar-refractivity contribution in [3.63, 3.8) is 0 Å². The van der Waals surface area contributed by atoms with Crippen molar-refractivity contribution in [2.45, 2.75) is 6.92 Å². The molecule has 0 atom stereocenters. The second kappa shape index (κ2) is 6.32. The summed E-state index contributed by atoms with van der Waals surface area (Å²) in [5.74, 6) is 0.859. The minimum atomic E-state index is -0.0331. The van der Waals surface area contributed by atoms with Crippen molar-refractivity contribution in [3.8, 4) is 5.75 Å². The molecule has 122 valence electrons. The Morgan fingerprint density at radius 2 is 1.79 bits per heavy atom. The maximum atomic E-state index is 12.2. The summed E-state index contributed by atoms with van der Waals surface area (Å²) >= 11 is 0. The molecular weight excluding hydrogens is 300 g/mol. The Hall–Kier alpha value is -2.88. The van der Waals surface area contributed by atoms with Crippen LogP contribution in [-0.4, -0.2) is 11.7 Å². The molecule has 3 aromatic rings. The summed E-state index contributed by atoms with van der Waals surface area (Å²) in [6.07, 6.45) is 4.01. The molecule has 0 amide bonds. The number of ether oxygens (including phenoxy) is 1. The van der Waals surface area contributed by atoms with E-state index in [4.69, 9.17) is 4.74 Å². The first-order valence-corrected chi connectivity index (χ1v) is 7.83. The van der Waals surface area contributed by atoms with Crippen molar-refractivity contribution in [1.29, 1.82) is 0 Å². The molecule has 1 aromatic heterocycles. The Balaban J connectivity index is 2.11. The first kappa shape index (κ1) is 16.0. The van der Waals surface area contributed by atoms with Gasteiger partial charge in [-0.1, -0.05) is 36.4 Å². The SMILES string of the molecule is COc1ccc(C=Cc2cc(C)n(C)c(=O)[n+]2C)c2ccccc12. The third-order valence-corrected chi connectivity index (χ3v) is 4.42. The van der Waals surface area contributed by atoms with Crippen LogP contribution >= 0.6 is 0 Å². The summed E-state index contributed by atoms with van der Waals surface area (Å²) < 4.78 is 8.72. The molecule has 2 aromatic carbocycles. The highest BCUT2D eigenvalue weighted by Crippen LogP contribution is 2.29. The standard InChI is InChI=1S/C20H21N2O2/c1-14-13-16(22(3)20(23)21(14)2)11-9-15-10-12-19(24-4)18-8-6-5-7-17(15)18/h5-13H,1-4H3/q+1. The maximum Gasteiger partial charge on any atom is 0.498 e. The maximum absolute atomic E-state index is 12.2. The van der Waals surface area contributed by atoms with Gasteiger partial charge in [0.15, 0.2) is 0 Å². The summed E-state index contributed by atoms with van der Waals surface area (Å²) in [6.45, 7) is 1.93. The lowest BCUT2D eigenvalue weighted by Crippen LogP contribution is -2.53. The minimum Gasteiger partial charge on any atom is -0.496 e. The molecule has 1 heterocycles. The zero-order valence-corrected chi connectivity index (χ0v) is 14.4. The second-order valence-electron chi connectivity index (χ2n) is 5.85. The van der Waals surface area contributed by atoms with E-state index in [1.54, 1.807) is 30.3 Å². The van der Waals surface area contributed by atoms with Crippen LogP contribution in [-0.2, 0) is 14.1 Å². The summed E-state index contributed by atoms with van der Waals surface area (Å²) in [7, 11) is 5.25. The molecule has 0 saturated carbocycles. The number of benzene rings is 2. The third kappa shape index (κ3) is 2.71. The molecule has 0 saturated heterocycles. The molecule has 0 aliphatic rings. The van der Waals surface area contributed by atoms with Gasteiger partial charge in [0.2, 0.25) is 0 Å². The molecular formula is C20H21N2O2+. The minimum absolute atomic E-state index is 0.0331. The second-order valence-corrected chi connectivity index (χ2v) is 5.85. The van der Waals surface area contributed by atoms with Gasteiger partial charge in [-0.15, -0.1) is 0 Å². The summed E-state index contributed by atoms with van der Waals surface area (Å²) in [5, 5.41) is 2.20. The van der Waals surface area contributed by atoms with Gasteiger partial charge in [-0.25, -0.2) is 0 Å². The Bertz CT molecular complexity index is 1000. The third-order valence-electron chi connectivity index (χ3n) is 4.42. The normalized spacial score (nSPS) is 11.3. The Morgan fingerprint density at radius 1 is 1.08 bits per heavy atom. The zero-order valence-electron chi connectivity index (χ0n) is 14.4. The van der Waals surface area contributed by atoms with Gasteiger partial charge in [-0.2, -0.15) is 13.9 Å². The van der Waals surface area contributed by atoms with E-state index in [0.29, 0.717) is 0 Å². The number of hydrogen-bond acceptors (Lipinski definition) is 2. The highest BCUT2D eigenvalue weighted by Gasteiger charge is 2.11. The van der Waals surface area contributed by atoms with Crippen LogP contribution in [0.2, 0.25) is 0 Å². The Labute approximate surface area is 141 Å². The average molecular weight is 321 g/mol. The van der Waals surface area contributed by atoms with Gasteiger partial charge < -0.3 is 4.74 Å². The fraction of sp³-hybridized carbons (Fsp3) is 0.200. The van der Waals surface area contributed by atoms with E-state index in [1.165, 1.54) is 0 Å². The lowest BCUT2D eigenvalue weighted by molar-refractivity contribution is -0.692. The van der Waals surface area contributed by atoms with Crippen molar-refractivity contribution < 1.29 is 9.30 Å². The Morgan fingerprint density at radius 3 is 2.50 bits per heavy atom. The van der Waals surface area contributed by atoms with E-state index < -0.39 is 0 Å². The van der Waals surface area contributed by atoms with E-state index in [1.807, 2.05) is 55.5 Å². The van der Waals surface area contributed by atoms with Crippen molar-refractivity contribution in [2.24, 2.45) is 14.1 Å². The first-order chi connectivity index (χ1) is 11.5. The van der Waals surface area contributed by atoms with Gasteiger partial charge in [0, 0.05) is 11.5 Å². The zero-order chi connectivity index (χ0) is 17.3. The highest BCUT2D eigenvalue weighted by molar-refractivity contribution is 5.96. The van der Waals surface area contributed by atoms with Crippen molar-refractivity contribution in [3.05, 3.63) is 69.9 Å². The predicted molar refractivity (Wildman–Crippen MR) is 97.0 cm³/mol. The van der Waals surface area contributed by atoms with Crippen LogP contribution in [0.5, 0.6) is 5.75 Å². The molecule has 24 heavy (non-hydrogen) atoms. The quantitative estimate of drug-likeness (QED) is 0.695. The lowest BCUT2D eigenvalue weighted by atomic mass is 10.0. The smallest absolute Gasteiger partial charge is 0.496 e. The number of hydrogen-bond donors (Lipinski definition) is 0. The molecule has 3 rings (SSSR count). The molecule has 0 aliphatic heterocycles. The molecule has 0 N–H and O–H groups in total. The van der Waals surface area contributed by atoms with E-state index in [0.717, 1.165) is 33.5 Å². The largest absolute Gasteiger partial charge is 0.498 e. The summed E-state index contributed by atoms with van der Waals surface area (Å²) in [6, 6.07) is 14.2. The van der Waals surface area contributed by atoms with Gasteiger partial charge in [0.1, 0.15) is 17.1 Å². The van der Waals surface area contributed by atoms with Crippen molar-refractivity contribution in [2.75, 3.05) is 7.11 Å². The topological polar surface area (TPSA) is 35.1 Å². The van der Waals surface area contributed by atoms with Gasteiger partial charge >= 0.3 is 5.69 Å². The average Bonchev–Trinajstić information content (AvgIpc) is 2.61. The fourth-order valence-electron chi connectivity index (χ4n) is 2.85. The number of rotatable bonds is 3. The summed E-state index contributed by atoms with van der Waals surface area (Å²) in [5.41, 5.74) is 2.85. The monoisotopic (exact) mass is 321 g/mol. The van der Waals surface area contributed by atoms with Gasteiger partial charge in [0.05, 0.1) is 21.2 Å². The van der Waals surface area contributed by atoms with Gasteiger partial charge in [-0.05, 0) is 30.0 Å². The first-order valence-electron chi connectivity index (χ1n) is 7.83. The van der Waals surface area contributed by atoms with Crippen LogP contribution in [0.15, 0.2) is 47.3 Å². The predicted octanol–water partition coefficient (Wildman–Crippen LogP) is 2.85. The molecule has 0 aliphatic carbocycles. The number of aromatic nitrogens is 2. The lowest BCUT2D eigenvalue weighted by Gasteiger charge is -2.08. The van der Waals surface area contributed by atoms with Crippen LogP contribution in [0.1, 0.15) is 17.0 Å². The van der Waals surface area contributed by atoms with Crippen LogP contribution in [0.4, 0.5) is 0 Å². The van der Waals surface area contributed by atoms with E-state index in [2.05, 4.69) is 6.07 Å². The molecule has 0 bridgehead atoms. The van der Waals surface area contributed by atoms with E-state index >= 15 is 0 Å².